The predicted molar refractivity (Wildman–Crippen MR) is 113 cm³/mol. The molecule has 1 aliphatic rings. The highest BCUT2D eigenvalue weighted by atomic mass is 32.2. The minimum Gasteiger partial charge on any atom is -0.492 e. The van der Waals surface area contributed by atoms with Gasteiger partial charge in [0.25, 0.3) is 0 Å². The summed E-state index contributed by atoms with van der Waals surface area (Å²) >= 11 is 1.71. The number of rotatable bonds is 7. The van der Waals surface area contributed by atoms with Crippen LogP contribution in [-0.4, -0.2) is 76.0 Å². The molecule has 7 nitrogen and oxygen atoms in total. The van der Waals surface area contributed by atoms with E-state index in [2.05, 4.69) is 20.2 Å². The Morgan fingerprint density at radius 1 is 1.14 bits per heavy atom. The van der Waals surface area contributed by atoms with Crippen LogP contribution in [0.3, 0.4) is 0 Å². The maximum absolute atomic E-state index is 12.1. The van der Waals surface area contributed by atoms with Gasteiger partial charge >= 0.3 is 0 Å². The number of hydrogen-bond donors (Lipinski definition) is 0. The van der Waals surface area contributed by atoms with Gasteiger partial charge in [0.2, 0.25) is 10.0 Å². The van der Waals surface area contributed by atoms with Gasteiger partial charge in [-0.1, -0.05) is 0 Å². The topological polar surface area (TPSA) is 66.0 Å². The van der Waals surface area contributed by atoms with E-state index in [4.69, 9.17) is 4.74 Å². The second-order valence-corrected chi connectivity index (χ2v) is 10.0. The van der Waals surface area contributed by atoms with Gasteiger partial charge in [-0.15, -0.1) is 11.3 Å². The largest absolute Gasteiger partial charge is 0.492 e. The van der Waals surface area contributed by atoms with Crippen molar-refractivity contribution < 1.29 is 13.2 Å². The Morgan fingerprint density at radius 3 is 2.54 bits per heavy atom. The predicted octanol–water partition coefficient (Wildman–Crippen LogP) is 2.29. The van der Waals surface area contributed by atoms with Gasteiger partial charge in [-0.05, 0) is 37.6 Å². The van der Waals surface area contributed by atoms with E-state index in [1.54, 1.807) is 35.6 Å². The van der Waals surface area contributed by atoms with Crippen molar-refractivity contribution in [2.75, 3.05) is 58.3 Å². The van der Waals surface area contributed by atoms with Gasteiger partial charge in [-0.2, -0.15) is 0 Å². The molecule has 0 N–H and O–H groups in total. The van der Waals surface area contributed by atoms with E-state index in [1.165, 1.54) is 18.4 Å². The number of nitrogens with zero attached hydrogens (tertiary/aromatic N) is 4. The van der Waals surface area contributed by atoms with Crippen molar-refractivity contribution >= 4 is 26.5 Å². The third-order valence-corrected chi connectivity index (χ3v) is 7.59. The van der Waals surface area contributed by atoms with E-state index in [-0.39, 0.29) is 4.90 Å². The lowest BCUT2D eigenvalue weighted by atomic mass is 10.3. The molecule has 0 saturated carbocycles. The smallest absolute Gasteiger partial charge is 0.242 e. The molecule has 1 saturated heterocycles. The number of sulfonamides is 1. The second-order valence-electron chi connectivity index (χ2n) is 7.06. The molecule has 2 aromatic rings. The minimum absolute atomic E-state index is 0.273. The van der Waals surface area contributed by atoms with E-state index in [1.807, 2.05) is 6.92 Å². The minimum atomic E-state index is -3.40. The highest BCUT2D eigenvalue weighted by molar-refractivity contribution is 7.89. The Balaban J connectivity index is 1.46. The fraction of sp³-hybridized carbons (Fsp3) is 0.526. The van der Waals surface area contributed by atoms with Crippen LogP contribution in [0.5, 0.6) is 5.75 Å². The fourth-order valence-electron chi connectivity index (χ4n) is 3.08. The first-order valence-corrected chi connectivity index (χ1v) is 11.7. The third-order valence-electron chi connectivity index (χ3n) is 4.74. The lowest BCUT2D eigenvalue weighted by Gasteiger charge is -2.21. The molecule has 2 heterocycles. The molecule has 28 heavy (non-hydrogen) atoms. The normalized spacial score (nSPS) is 16.4. The maximum Gasteiger partial charge on any atom is 0.242 e. The molecular formula is C19H28N4O3S2. The first-order valence-electron chi connectivity index (χ1n) is 9.41. The molecule has 1 fully saturated rings. The van der Waals surface area contributed by atoms with Gasteiger partial charge in [0.1, 0.15) is 12.4 Å². The molecule has 1 aromatic heterocycles. The van der Waals surface area contributed by atoms with Crippen LogP contribution in [0.4, 0.5) is 5.13 Å². The van der Waals surface area contributed by atoms with Crippen molar-refractivity contribution in [1.82, 2.24) is 14.2 Å². The van der Waals surface area contributed by atoms with Crippen molar-refractivity contribution in [3.05, 3.63) is 35.3 Å². The summed E-state index contributed by atoms with van der Waals surface area (Å²) in [5.74, 6) is 0.687. The van der Waals surface area contributed by atoms with Crippen LogP contribution >= 0.6 is 11.3 Å². The molecule has 9 heteroatoms. The van der Waals surface area contributed by atoms with Crippen LogP contribution in [0.25, 0.3) is 0 Å². The Kier molecular flexibility index (Phi) is 6.92. The van der Waals surface area contributed by atoms with Crippen molar-refractivity contribution in [1.29, 1.82) is 0 Å². The average molecular weight is 425 g/mol. The molecule has 0 amide bonds. The number of thiazole rings is 1. The van der Waals surface area contributed by atoms with Crippen LogP contribution in [-0.2, 0) is 10.0 Å². The van der Waals surface area contributed by atoms with Crippen molar-refractivity contribution in [3.8, 4) is 5.75 Å². The highest BCUT2D eigenvalue weighted by Crippen LogP contribution is 2.21. The fourth-order valence-corrected chi connectivity index (χ4v) is 4.84. The molecule has 0 atom stereocenters. The lowest BCUT2D eigenvalue weighted by Crippen LogP contribution is -2.33. The van der Waals surface area contributed by atoms with Gasteiger partial charge < -0.3 is 9.64 Å². The first-order chi connectivity index (χ1) is 13.4. The molecule has 0 unspecified atom stereocenters. The number of anilines is 1. The van der Waals surface area contributed by atoms with Crippen molar-refractivity contribution in [3.63, 3.8) is 0 Å². The molecule has 1 aliphatic heterocycles. The van der Waals surface area contributed by atoms with E-state index >= 15 is 0 Å². The lowest BCUT2D eigenvalue weighted by molar-refractivity contribution is 0.218. The first kappa shape index (κ1) is 21.0. The maximum atomic E-state index is 12.1. The van der Waals surface area contributed by atoms with E-state index in [9.17, 15) is 8.42 Å². The van der Waals surface area contributed by atoms with Gasteiger partial charge in [-0.3, -0.25) is 4.90 Å². The summed E-state index contributed by atoms with van der Waals surface area (Å²) < 4.78 is 31.2. The Bertz CT molecular complexity index is 866. The van der Waals surface area contributed by atoms with Crippen LogP contribution in [0.2, 0.25) is 0 Å². The molecule has 0 bridgehead atoms. The number of ether oxygens (including phenoxy) is 1. The molecular weight excluding hydrogens is 396 g/mol. The summed E-state index contributed by atoms with van der Waals surface area (Å²) in [6.07, 6.45) is 1.11. The van der Waals surface area contributed by atoms with Crippen LogP contribution in [0.1, 0.15) is 12.1 Å². The number of aromatic nitrogens is 1. The SMILES string of the molecule is Cc1csc(N2CCCN(CCOc3ccc(S(=O)(=O)N(C)C)cc3)CC2)n1. The summed E-state index contributed by atoms with van der Waals surface area (Å²) in [5.41, 5.74) is 1.08. The number of hydrogen-bond acceptors (Lipinski definition) is 7. The van der Waals surface area contributed by atoms with E-state index in [0.717, 1.165) is 50.0 Å². The van der Waals surface area contributed by atoms with Crippen molar-refractivity contribution in [2.45, 2.75) is 18.2 Å². The second kappa shape index (κ2) is 9.21. The molecule has 0 aliphatic carbocycles. The van der Waals surface area contributed by atoms with Crippen LogP contribution in [0, 0.1) is 6.92 Å². The quantitative estimate of drug-likeness (QED) is 0.680. The summed E-state index contributed by atoms with van der Waals surface area (Å²) in [4.78, 5) is 9.64. The standard InChI is InChI=1S/C19H28N4O3S2/c1-16-15-27-19(20-16)23-10-4-9-22(11-12-23)13-14-26-17-5-7-18(8-6-17)28(24,25)21(2)3/h5-8,15H,4,9-14H2,1-3H3. The molecule has 0 radical (unpaired) electrons. The van der Waals surface area contributed by atoms with Crippen molar-refractivity contribution in [2.24, 2.45) is 0 Å². The summed E-state index contributed by atoms with van der Waals surface area (Å²) in [5, 5.41) is 3.21. The van der Waals surface area contributed by atoms with Gasteiger partial charge in [0.05, 0.1) is 10.6 Å². The number of aryl methyl sites for hydroxylation is 1. The summed E-state index contributed by atoms with van der Waals surface area (Å²) in [6.45, 7) is 7.50. The number of benzene rings is 1. The molecule has 3 rings (SSSR count). The summed E-state index contributed by atoms with van der Waals surface area (Å²) in [6, 6.07) is 6.60. The molecule has 1 aromatic carbocycles. The van der Waals surface area contributed by atoms with Gasteiger partial charge in [0.15, 0.2) is 5.13 Å². The third kappa shape index (κ3) is 5.22. The summed E-state index contributed by atoms with van der Waals surface area (Å²) in [7, 11) is -0.350. The Labute approximate surface area is 171 Å². The zero-order valence-corrected chi connectivity index (χ0v) is 18.3. The van der Waals surface area contributed by atoms with Gasteiger partial charge in [0, 0.05) is 52.2 Å². The Hall–Kier alpha value is -1.68. The average Bonchev–Trinajstić information content (AvgIpc) is 2.96. The van der Waals surface area contributed by atoms with E-state index < -0.39 is 10.0 Å². The molecule has 0 spiro atoms. The Morgan fingerprint density at radius 2 is 1.89 bits per heavy atom. The van der Waals surface area contributed by atoms with Crippen LogP contribution in [0.15, 0.2) is 34.5 Å². The molecule has 154 valence electrons. The van der Waals surface area contributed by atoms with Crippen LogP contribution < -0.4 is 9.64 Å². The van der Waals surface area contributed by atoms with Gasteiger partial charge in [-0.25, -0.2) is 17.7 Å². The zero-order chi connectivity index (χ0) is 20.1. The monoisotopic (exact) mass is 424 g/mol. The zero-order valence-electron chi connectivity index (χ0n) is 16.7. The van der Waals surface area contributed by atoms with E-state index in [0.29, 0.717) is 12.4 Å². The highest BCUT2D eigenvalue weighted by Gasteiger charge is 2.18.